The Hall–Kier alpha value is -9.18. The van der Waals surface area contributed by atoms with Crippen LogP contribution >= 0.6 is 0 Å². The van der Waals surface area contributed by atoms with Crippen LogP contribution in [0.3, 0.4) is 0 Å². The molecular weight excluding hydrogens is 845 g/mol. The summed E-state index contributed by atoms with van der Waals surface area (Å²) in [6, 6.07) is 58.2. The number of hydrogen-bond acceptors (Lipinski definition) is 14. The Labute approximate surface area is 400 Å². The van der Waals surface area contributed by atoms with Crippen LogP contribution in [0.1, 0.15) is 51.4 Å². The number of hydrogen-bond donors (Lipinski definition) is 0. The minimum atomic E-state index is 0.329. The zero-order chi connectivity index (χ0) is 48.4. The van der Waals surface area contributed by atoms with Crippen LogP contribution in [0.5, 0.6) is 0 Å². The van der Waals surface area contributed by atoms with Gasteiger partial charge in [0.25, 0.3) is 0 Å². The molecule has 5 aromatic carbocycles. The van der Waals surface area contributed by atoms with E-state index < -0.39 is 0 Å². The minimum absolute atomic E-state index is 0.329. The van der Waals surface area contributed by atoms with E-state index in [4.69, 9.17) is 0 Å². The van der Waals surface area contributed by atoms with Crippen LogP contribution in [0, 0.1) is 90.6 Å². The molecule has 14 heteroatoms. The van der Waals surface area contributed by atoms with Gasteiger partial charge in [0.05, 0.1) is 99.9 Å². The molecule has 0 spiro atoms. The summed E-state index contributed by atoms with van der Waals surface area (Å²) >= 11 is 0. The summed E-state index contributed by atoms with van der Waals surface area (Å²) in [6.45, 7) is 4.01. The summed E-state index contributed by atoms with van der Waals surface area (Å²) in [7, 11) is 0. The number of anilines is 10. The zero-order valence-electron chi connectivity index (χ0n) is 38.1. The molecule has 0 N–H and O–H groups in total. The van der Waals surface area contributed by atoms with Gasteiger partial charge in [0.1, 0.15) is 0 Å². The molecule has 0 amide bonds. The quantitative estimate of drug-likeness (QED) is 0.0506. The lowest BCUT2D eigenvalue weighted by Gasteiger charge is -2.30. The Morgan fingerprint density at radius 1 is 0.206 bits per heavy atom. The Morgan fingerprint density at radius 2 is 0.324 bits per heavy atom. The maximum Gasteiger partial charge on any atom is 0.0640 e. The van der Waals surface area contributed by atoms with E-state index in [1.807, 2.05) is 117 Å². The number of rotatable bonds is 26. The highest BCUT2D eigenvalue weighted by Gasteiger charge is 2.19. The molecule has 0 fully saturated rings. The predicted molar refractivity (Wildman–Crippen MR) is 266 cm³/mol. The molecule has 0 aromatic heterocycles. The highest BCUT2D eigenvalue weighted by molar-refractivity contribution is 5.82. The Morgan fingerprint density at radius 3 is 0.441 bits per heavy atom. The number of nitriles is 8. The summed E-state index contributed by atoms with van der Waals surface area (Å²) in [6.07, 6.45) is 2.63. The van der Waals surface area contributed by atoms with Gasteiger partial charge in [-0.15, -0.1) is 0 Å². The van der Waals surface area contributed by atoms with Crippen molar-refractivity contribution in [1.29, 1.82) is 42.1 Å². The first-order valence-corrected chi connectivity index (χ1v) is 22.5. The van der Waals surface area contributed by atoms with Gasteiger partial charge >= 0.3 is 0 Å². The van der Waals surface area contributed by atoms with Crippen molar-refractivity contribution in [2.45, 2.75) is 51.4 Å². The first-order chi connectivity index (χ1) is 33.4. The molecule has 0 saturated carbocycles. The Kier molecular flexibility index (Phi) is 19.9. The molecular formula is C54H52N14. The van der Waals surface area contributed by atoms with Crippen LogP contribution in [-0.2, 0) is 0 Å². The van der Waals surface area contributed by atoms with Crippen LogP contribution in [0.15, 0.2) is 121 Å². The van der Waals surface area contributed by atoms with Crippen LogP contribution in [-0.4, -0.2) is 52.4 Å². The second kappa shape index (κ2) is 27.2. The van der Waals surface area contributed by atoms with Gasteiger partial charge in [-0.3, -0.25) is 0 Å². The van der Waals surface area contributed by atoms with E-state index in [2.05, 4.69) is 82.6 Å². The van der Waals surface area contributed by atoms with Crippen molar-refractivity contribution in [3.63, 3.8) is 0 Å². The van der Waals surface area contributed by atoms with E-state index in [0.717, 1.165) is 56.9 Å². The van der Waals surface area contributed by atoms with Crippen molar-refractivity contribution in [2.24, 2.45) is 0 Å². The maximum atomic E-state index is 9.32. The second-order valence-corrected chi connectivity index (χ2v) is 15.5. The molecule has 0 aliphatic heterocycles. The third-order valence-corrected chi connectivity index (χ3v) is 11.2. The fourth-order valence-electron chi connectivity index (χ4n) is 7.85. The van der Waals surface area contributed by atoms with Crippen molar-refractivity contribution < 1.29 is 0 Å². The van der Waals surface area contributed by atoms with Crippen molar-refractivity contribution in [3.8, 4) is 48.6 Å². The van der Waals surface area contributed by atoms with Gasteiger partial charge in [-0.05, 0) is 121 Å². The summed E-state index contributed by atoms with van der Waals surface area (Å²) in [5.74, 6) is 0. The molecule has 68 heavy (non-hydrogen) atoms. The number of nitrogens with zero attached hydrogens (tertiary/aromatic N) is 14. The molecule has 0 aliphatic carbocycles. The van der Waals surface area contributed by atoms with Gasteiger partial charge < -0.3 is 29.4 Å². The summed E-state index contributed by atoms with van der Waals surface area (Å²) in [5.41, 5.74) is 8.84. The minimum Gasteiger partial charge on any atom is -0.369 e. The van der Waals surface area contributed by atoms with Gasteiger partial charge in [0.2, 0.25) is 0 Å². The Balaban J connectivity index is 1.59. The molecule has 14 nitrogen and oxygen atoms in total. The predicted octanol–water partition coefficient (Wildman–Crippen LogP) is 11.2. The number of benzene rings is 5. The van der Waals surface area contributed by atoms with Crippen LogP contribution < -0.4 is 29.4 Å². The lowest BCUT2D eigenvalue weighted by Crippen LogP contribution is -2.25. The lowest BCUT2D eigenvalue weighted by atomic mass is 10.1. The topological polar surface area (TPSA) is 210 Å². The molecule has 0 aliphatic rings. The third-order valence-electron chi connectivity index (χ3n) is 11.2. The van der Waals surface area contributed by atoms with Gasteiger partial charge in [-0.25, -0.2) is 0 Å². The van der Waals surface area contributed by atoms with Gasteiger partial charge in [-0.1, -0.05) is 0 Å². The third kappa shape index (κ3) is 13.9. The highest BCUT2D eigenvalue weighted by atomic mass is 15.2. The summed E-state index contributed by atoms with van der Waals surface area (Å²) in [4.78, 5) is 12.5. The molecule has 0 saturated heterocycles. The Bertz CT molecular complexity index is 2270. The SMILES string of the molecule is N#CCCN(CCC#N)c1ccc(N(c2ccc(N(CCC#N)CCC#N)cc2)c2ccc(N(c3ccc(N(CCC#N)CCC#N)cc3)c3ccc(N(CCC#N)CCC#N)cc3)cc2)cc1. The molecule has 5 aromatic rings. The van der Waals surface area contributed by atoms with Gasteiger partial charge in [0, 0.05) is 109 Å². The van der Waals surface area contributed by atoms with Crippen LogP contribution in [0.2, 0.25) is 0 Å². The summed E-state index contributed by atoms with van der Waals surface area (Å²) < 4.78 is 0. The monoisotopic (exact) mass is 896 g/mol. The van der Waals surface area contributed by atoms with Crippen LogP contribution in [0.25, 0.3) is 0 Å². The van der Waals surface area contributed by atoms with Crippen LogP contribution in [0.4, 0.5) is 56.9 Å². The fraction of sp³-hybridized carbons (Fsp3) is 0.296. The van der Waals surface area contributed by atoms with Gasteiger partial charge in [-0.2, -0.15) is 42.1 Å². The average molecular weight is 897 g/mol. The van der Waals surface area contributed by atoms with E-state index >= 15 is 0 Å². The van der Waals surface area contributed by atoms with Crippen molar-refractivity contribution in [3.05, 3.63) is 121 Å². The van der Waals surface area contributed by atoms with E-state index in [1.54, 1.807) is 0 Å². The molecule has 0 atom stereocenters. The lowest BCUT2D eigenvalue weighted by molar-refractivity contribution is 0.796. The first-order valence-electron chi connectivity index (χ1n) is 22.5. The molecule has 0 heterocycles. The first kappa shape index (κ1) is 49.8. The fourth-order valence-corrected chi connectivity index (χ4v) is 7.85. The summed E-state index contributed by atoms with van der Waals surface area (Å²) in [5, 5.41) is 74.6. The van der Waals surface area contributed by atoms with Crippen molar-refractivity contribution in [2.75, 3.05) is 81.8 Å². The average Bonchev–Trinajstić information content (AvgIpc) is 3.38. The normalized spacial score (nSPS) is 10.0. The van der Waals surface area contributed by atoms with Crippen molar-refractivity contribution >= 4 is 56.9 Å². The van der Waals surface area contributed by atoms with Gasteiger partial charge in [0.15, 0.2) is 0 Å². The van der Waals surface area contributed by atoms with E-state index in [-0.39, 0.29) is 0 Å². The van der Waals surface area contributed by atoms with E-state index in [1.165, 1.54) is 0 Å². The molecule has 338 valence electrons. The zero-order valence-corrected chi connectivity index (χ0v) is 38.1. The molecule has 0 bridgehead atoms. The van der Waals surface area contributed by atoms with E-state index in [9.17, 15) is 42.1 Å². The molecule has 0 radical (unpaired) electrons. The second-order valence-electron chi connectivity index (χ2n) is 15.5. The molecule has 0 unspecified atom stereocenters. The standard InChI is InChI=1S/C54H52N14/c55-29-1-37-63(38-2-30-56)45-9-17-49(18-10-45)67(50-19-11-46(12-20-50)64(39-3-31-57)40-4-32-58)53-25-27-54(28-26-53)68(51-21-13-47(14-22-51)65(41-5-33-59)42-6-34-60)52-23-15-48(16-24-52)66(43-7-35-61)44-8-36-62/h9-28H,1-8,37-44H2. The highest BCUT2D eigenvalue weighted by Crippen LogP contribution is 2.41. The largest absolute Gasteiger partial charge is 0.369 e. The smallest absolute Gasteiger partial charge is 0.0640 e. The van der Waals surface area contributed by atoms with E-state index in [0.29, 0.717) is 104 Å². The maximum absolute atomic E-state index is 9.32. The van der Waals surface area contributed by atoms with Crippen molar-refractivity contribution in [1.82, 2.24) is 0 Å². The molecule has 5 rings (SSSR count).